The van der Waals surface area contributed by atoms with Crippen molar-refractivity contribution >= 4 is 10.0 Å². The first kappa shape index (κ1) is 15.2. The average Bonchev–Trinajstić information content (AvgIpc) is 2.38. The fourth-order valence-electron chi connectivity index (χ4n) is 2.00. The van der Waals surface area contributed by atoms with Crippen molar-refractivity contribution in [3.05, 3.63) is 24.3 Å². The van der Waals surface area contributed by atoms with Gasteiger partial charge in [-0.2, -0.15) is 0 Å². The zero-order valence-electron chi connectivity index (χ0n) is 11.4. The van der Waals surface area contributed by atoms with Crippen molar-refractivity contribution < 1.29 is 17.9 Å². The Morgan fingerprint density at radius 1 is 1.25 bits per heavy atom. The molecule has 2 rings (SSSR count). The molecule has 1 fully saturated rings. The van der Waals surface area contributed by atoms with Gasteiger partial charge in [0.05, 0.1) is 11.5 Å². The third kappa shape index (κ3) is 3.92. The van der Waals surface area contributed by atoms with Crippen LogP contribution in [0.15, 0.2) is 29.2 Å². The fraction of sp³-hybridized carbons (Fsp3) is 0.538. The van der Waals surface area contributed by atoms with Crippen molar-refractivity contribution in [2.45, 2.75) is 29.8 Å². The van der Waals surface area contributed by atoms with E-state index in [1.807, 2.05) is 0 Å². The van der Waals surface area contributed by atoms with Crippen LogP contribution in [0.1, 0.15) is 12.8 Å². The second kappa shape index (κ2) is 6.53. The molecular formula is C13H20N2O4S. The van der Waals surface area contributed by atoms with Crippen LogP contribution in [0.5, 0.6) is 5.75 Å². The molecule has 0 aliphatic heterocycles. The number of hydrogen-bond acceptors (Lipinski definition) is 5. The molecule has 0 unspecified atom stereocenters. The van der Waals surface area contributed by atoms with Crippen molar-refractivity contribution in [1.82, 2.24) is 4.72 Å². The summed E-state index contributed by atoms with van der Waals surface area (Å²) in [5.41, 5.74) is 5.64. The summed E-state index contributed by atoms with van der Waals surface area (Å²) in [6.45, 7) is 0.921. The predicted molar refractivity (Wildman–Crippen MR) is 75.1 cm³/mol. The highest BCUT2D eigenvalue weighted by atomic mass is 32.2. The molecule has 20 heavy (non-hydrogen) atoms. The van der Waals surface area contributed by atoms with Gasteiger partial charge in [0, 0.05) is 19.2 Å². The molecule has 0 bridgehead atoms. The van der Waals surface area contributed by atoms with E-state index in [-0.39, 0.29) is 17.0 Å². The number of rotatable bonds is 7. The summed E-state index contributed by atoms with van der Waals surface area (Å²) < 4.78 is 37.1. The summed E-state index contributed by atoms with van der Waals surface area (Å²) in [6.07, 6.45) is 1.38. The number of benzene rings is 1. The van der Waals surface area contributed by atoms with Crippen LogP contribution in [0.2, 0.25) is 0 Å². The molecule has 6 nitrogen and oxygen atoms in total. The highest BCUT2D eigenvalue weighted by molar-refractivity contribution is 7.89. The maximum absolute atomic E-state index is 12.1. The van der Waals surface area contributed by atoms with E-state index in [1.165, 1.54) is 12.1 Å². The van der Waals surface area contributed by atoms with Gasteiger partial charge in [0.15, 0.2) is 0 Å². The molecule has 7 heteroatoms. The molecule has 1 saturated carbocycles. The molecule has 1 aromatic rings. The van der Waals surface area contributed by atoms with E-state index in [1.54, 1.807) is 19.2 Å². The number of nitrogens with one attached hydrogen (secondary N) is 1. The maximum Gasteiger partial charge on any atom is 0.240 e. The van der Waals surface area contributed by atoms with Crippen LogP contribution in [0.25, 0.3) is 0 Å². The Bertz CT molecular complexity index is 524. The topological polar surface area (TPSA) is 90.6 Å². The lowest BCUT2D eigenvalue weighted by atomic mass is 9.89. The number of sulfonamides is 1. The Morgan fingerprint density at radius 2 is 1.90 bits per heavy atom. The molecule has 0 radical (unpaired) electrons. The first-order chi connectivity index (χ1) is 9.51. The minimum absolute atomic E-state index is 0.0485. The first-order valence-electron chi connectivity index (χ1n) is 6.51. The van der Waals surface area contributed by atoms with E-state index in [0.29, 0.717) is 31.8 Å². The van der Waals surface area contributed by atoms with Crippen molar-refractivity contribution in [3.63, 3.8) is 0 Å². The lowest BCUT2D eigenvalue weighted by Gasteiger charge is -2.32. The Labute approximate surface area is 119 Å². The van der Waals surface area contributed by atoms with E-state index < -0.39 is 10.0 Å². The SMILES string of the molecule is COCCOc1ccc(S(=O)(=O)NC2CC(N)C2)cc1. The first-order valence-corrected chi connectivity index (χ1v) is 7.99. The molecule has 1 aromatic carbocycles. The fourth-order valence-corrected chi connectivity index (χ4v) is 3.27. The molecule has 0 amide bonds. The lowest BCUT2D eigenvalue weighted by molar-refractivity contribution is 0.146. The van der Waals surface area contributed by atoms with Gasteiger partial charge in [-0.05, 0) is 37.1 Å². The third-order valence-corrected chi connectivity index (χ3v) is 4.72. The highest BCUT2D eigenvalue weighted by Gasteiger charge is 2.30. The van der Waals surface area contributed by atoms with E-state index in [2.05, 4.69) is 4.72 Å². The second-order valence-electron chi connectivity index (χ2n) is 4.86. The number of hydrogen-bond donors (Lipinski definition) is 2. The van der Waals surface area contributed by atoms with Crippen LogP contribution < -0.4 is 15.2 Å². The predicted octanol–water partition coefficient (Wildman–Crippen LogP) is 0.480. The molecule has 1 aliphatic rings. The Kier molecular flexibility index (Phi) is 4.98. The molecule has 0 saturated heterocycles. The van der Waals surface area contributed by atoms with E-state index in [4.69, 9.17) is 15.2 Å². The van der Waals surface area contributed by atoms with Gasteiger partial charge in [0.2, 0.25) is 10.0 Å². The molecule has 3 N–H and O–H groups in total. The van der Waals surface area contributed by atoms with Crippen LogP contribution in [-0.2, 0) is 14.8 Å². The van der Waals surface area contributed by atoms with Gasteiger partial charge >= 0.3 is 0 Å². The van der Waals surface area contributed by atoms with Gasteiger partial charge in [0.1, 0.15) is 12.4 Å². The van der Waals surface area contributed by atoms with Crippen LogP contribution in [-0.4, -0.2) is 40.8 Å². The summed E-state index contributed by atoms with van der Waals surface area (Å²) in [5.74, 6) is 0.617. The molecule has 0 heterocycles. The Balaban J connectivity index is 1.94. The quantitative estimate of drug-likeness (QED) is 0.715. The van der Waals surface area contributed by atoms with Crippen LogP contribution in [0, 0.1) is 0 Å². The van der Waals surface area contributed by atoms with Gasteiger partial charge in [-0.15, -0.1) is 0 Å². The average molecular weight is 300 g/mol. The number of nitrogens with two attached hydrogens (primary N) is 1. The van der Waals surface area contributed by atoms with Crippen molar-refractivity contribution in [3.8, 4) is 5.75 Å². The van der Waals surface area contributed by atoms with E-state index in [9.17, 15) is 8.42 Å². The van der Waals surface area contributed by atoms with Crippen molar-refractivity contribution in [1.29, 1.82) is 0 Å². The zero-order chi connectivity index (χ0) is 14.6. The van der Waals surface area contributed by atoms with Crippen molar-refractivity contribution in [2.24, 2.45) is 5.73 Å². The minimum atomic E-state index is -3.47. The summed E-state index contributed by atoms with van der Waals surface area (Å²) in [7, 11) is -1.88. The summed E-state index contributed by atoms with van der Waals surface area (Å²) in [4.78, 5) is 0.233. The van der Waals surface area contributed by atoms with E-state index >= 15 is 0 Å². The van der Waals surface area contributed by atoms with Crippen molar-refractivity contribution in [2.75, 3.05) is 20.3 Å². The molecule has 0 atom stereocenters. The van der Waals surface area contributed by atoms with E-state index in [0.717, 1.165) is 0 Å². The second-order valence-corrected chi connectivity index (χ2v) is 6.58. The van der Waals surface area contributed by atoms with Crippen LogP contribution in [0.4, 0.5) is 0 Å². The third-order valence-electron chi connectivity index (χ3n) is 3.19. The Morgan fingerprint density at radius 3 is 2.45 bits per heavy atom. The monoisotopic (exact) mass is 300 g/mol. The van der Waals surface area contributed by atoms with Crippen LogP contribution in [0.3, 0.4) is 0 Å². The maximum atomic E-state index is 12.1. The molecule has 0 spiro atoms. The van der Waals surface area contributed by atoms with Gasteiger partial charge in [-0.3, -0.25) is 0 Å². The summed E-state index contributed by atoms with van der Waals surface area (Å²) >= 11 is 0. The minimum Gasteiger partial charge on any atom is -0.491 e. The summed E-state index contributed by atoms with van der Waals surface area (Å²) in [6, 6.07) is 6.39. The van der Waals surface area contributed by atoms with Gasteiger partial charge in [-0.1, -0.05) is 0 Å². The van der Waals surface area contributed by atoms with Gasteiger partial charge in [-0.25, -0.2) is 13.1 Å². The largest absolute Gasteiger partial charge is 0.491 e. The normalized spacial score (nSPS) is 22.3. The molecule has 0 aromatic heterocycles. The lowest BCUT2D eigenvalue weighted by Crippen LogP contribution is -2.50. The summed E-state index contributed by atoms with van der Waals surface area (Å²) in [5, 5.41) is 0. The standard InChI is InChI=1S/C13H20N2O4S/c1-18-6-7-19-12-2-4-13(5-3-12)20(16,17)15-11-8-10(14)9-11/h2-5,10-11,15H,6-9,14H2,1H3. The molecule has 112 valence electrons. The molecular weight excluding hydrogens is 280 g/mol. The highest BCUT2D eigenvalue weighted by Crippen LogP contribution is 2.21. The smallest absolute Gasteiger partial charge is 0.240 e. The number of methoxy groups -OCH3 is 1. The number of ether oxygens (including phenoxy) is 2. The molecule has 1 aliphatic carbocycles. The van der Waals surface area contributed by atoms with Crippen LogP contribution >= 0.6 is 0 Å². The van der Waals surface area contributed by atoms with Gasteiger partial charge in [0.25, 0.3) is 0 Å². The Hall–Kier alpha value is -1.15. The van der Waals surface area contributed by atoms with Gasteiger partial charge < -0.3 is 15.2 Å². The zero-order valence-corrected chi connectivity index (χ0v) is 12.2.